The van der Waals surface area contributed by atoms with E-state index in [2.05, 4.69) is 5.32 Å². The molecule has 13 heavy (non-hydrogen) atoms. The van der Waals surface area contributed by atoms with Crippen molar-refractivity contribution in [2.45, 2.75) is 12.5 Å². The Morgan fingerprint density at radius 1 is 1.54 bits per heavy atom. The first kappa shape index (κ1) is 12.2. The quantitative estimate of drug-likeness (QED) is 0.500. The van der Waals surface area contributed by atoms with Gasteiger partial charge in [0.15, 0.2) is 0 Å². The highest BCUT2D eigenvalue weighted by molar-refractivity contribution is 7.98. The van der Waals surface area contributed by atoms with E-state index in [9.17, 15) is 9.59 Å². The average molecular weight is 205 g/mol. The summed E-state index contributed by atoms with van der Waals surface area (Å²) in [7, 11) is 0. The molecule has 0 spiro atoms. The molecule has 0 aromatic heterocycles. The van der Waals surface area contributed by atoms with Gasteiger partial charge < -0.3 is 16.8 Å². The zero-order valence-corrected chi connectivity index (χ0v) is 8.39. The number of primary amides is 1. The number of rotatable bonds is 6. The third kappa shape index (κ3) is 5.48. The average Bonchev–Trinajstić information content (AvgIpc) is 2.11. The van der Waals surface area contributed by atoms with E-state index in [-0.39, 0.29) is 12.5 Å². The third-order valence-electron chi connectivity index (χ3n) is 1.47. The minimum atomic E-state index is -0.594. The van der Waals surface area contributed by atoms with E-state index in [1.54, 1.807) is 11.8 Å². The first-order valence-electron chi connectivity index (χ1n) is 3.89. The fraction of sp³-hybridized carbons (Fsp3) is 0.714. The molecule has 0 aliphatic heterocycles. The minimum Gasteiger partial charge on any atom is -0.368 e. The Balaban J connectivity index is 3.94. The molecule has 5 nitrogen and oxygen atoms in total. The second kappa shape index (κ2) is 6.73. The minimum absolute atomic E-state index is 0.122. The van der Waals surface area contributed by atoms with Crippen molar-refractivity contribution in [3.05, 3.63) is 0 Å². The maximum Gasteiger partial charge on any atom is 0.240 e. The van der Waals surface area contributed by atoms with E-state index in [4.69, 9.17) is 11.5 Å². The van der Waals surface area contributed by atoms with Crippen LogP contribution in [0.2, 0.25) is 0 Å². The molecule has 0 aromatic rings. The van der Waals surface area contributed by atoms with Crippen LogP contribution in [0.5, 0.6) is 0 Å². The van der Waals surface area contributed by atoms with Gasteiger partial charge in [0.1, 0.15) is 6.04 Å². The lowest BCUT2D eigenvalue weighted by Crippen LogP contribution is -2.46. The zero-order valence-electron chi connectivity index (χ0n) is 7.58. The Morgan fingerprint density at radius 2 is 2.15 bits per heavy atom. The van der Waals surface area contributed by atoms with Crippen LogP contribution in [0.25, 0.3) is 0 Å². The van der Waals surface area contributed by atoms with Crippen molar-refractivity contribution >= 4 is 23.6 Å². The summed E-state index contributed by atoms with van der Waals surface area (Å²) in [5.41, 5.74) is 10.2. The molecule has 0 aliphatic rings. The molecular weight excluding hydrogens is 190 g/mol. The largest absolute Gasteiger partial charge is 0.368 e. The van der Waals surface area contributed by atoms with Crippen LogP contribution >= 0.6 is 11.8 Å². The van der Waals surface area contributed by atoms with Crippen molar-refractivity contribution in [3.63, 3.8) is 0 Å². The Bertz CT molecular complexity index is 187. The van der Waals surface area contributed by atoms with Gasteiger partial charge in [-0.05, 0) is 18.4 Å². The van der Waals surface area contributed by atoms with Crippen molar-refractivity contribution in [3.8, 4) is 0 Å². The normalized spacial score (nSPS) is 12.2. The van der Waals surface area contributed by atoms with Gasteiger partial charge in [-0.3, -0.25) is 9.59 Å². The number of amides is 2. The topological polar surface area (TPSA) is 98.2 Å². The van der Waals surface area contributed by atoms with Gasteiger partial charge in [-0.1, -0.05) is 0 Å². The van der Waals surface area contributed by atoms with Crippen LogP contribution in [0.15, 0.2) is 0 Å². The second-order valence-electron chi connectivity index (χ2n) is 2.51. The zero-order chi connectivity index (χ0) is 10.3. The Hall–Kier alpha value is -0.750. The standard InChI is InChI=1S/C7H15N3O2S/c1-13-3-2-5(7(9)12)10-6(11)4-8/h5H,2-4,8H2,1H3,(H2,9,12)(H,10,11). The highest BCUT2D eigenvalue weighted by atomic mass is 32.2. The third-order valence-corrected chi connectivity index (χ3v) is 2.12. The van der Waals surface area contributed by atoms with Crippen molar-refractivity contribution in [2.24, 2.45) is 11.5 Å². The summed E-state index contributed by atoms with van der Waals surface area (Å²) >= 11 is 1.59. The van der Waals surface area contributed by atoms with Gasteiger partial charge in [-0.25, -0.2) is 0 Å². The molecule has 0 rings (SSSR count). The van der Waals surface area contributed by atoms with E-state index in [1.807, 2.05) is 6.26 Å². The molecule has 0 radical (unpaired) electrons. The molecule has 6 heteroatoms. The molecule has 2 amide bonds. The van der Waals surface area contributed by atoms with Crippen molar-refractivity contribution in [1.82, 2.24) is 5.32 Å². The summed E-state index contributed by atoms with van der Waals surface area (Å²) in [6.45, 7) is -0.122. The van der Waals surface area contributed by atoms with Gasteiger partial charge in [0.05, 0.1) is 6.54 Å². The number of thioether (sulfide) groups is 1. The molecular formula is C7H15N3O2S. The van der Waals surface area contributed by atoms with Gasteiger partial charge in [0.25, 0.3) is 0 Å². The van der Waals surface area contributed by atoms with E-state index in [1.165, 1.54) is 0 Å². The first-order chi connectivity index (χ1) is 6.11. The smallest absolute Gasteiger partial charge is 0.240 e. The Labute approximate surface area is 81.6 Å². The van der Waals surface area contributed by atoms with Crippen LogP contribution in [-0.4, -0.2) is 36.4 Å². The number of hydrogen-bond acceptors (Lipinski definition) is 4. The maximum absolute atomic E-state index is 10.8. The molecule has 1 unspecified atom stereocenters. The van der Waals surface area contributed by atoms with Crippen molar-refractivity contribution in [2.75, 3.05) is 18.6 Å². The molecule has 0 aliphatic carbocycles. The van der Waals surface area contributed by atoms with Gasteiger partial charge in [-0.15, -0.1) is 0 Å². The summed E-state index contributed by atoms with van der Waals surface area (Å²) in [5.74, 6) is -0.0981. The summed E-state index contributed by atoms with van der Waals surface area (Å²) in [6.07, 6.45) is 2.46. The van der Waals surface area contributed by atoms with E-state index >= 15 is 0 Å². The number of nitrogens with one attached hydrogen (secondary N) is 1. The fourth-order valence-corrected chi connectivity index (χ4v) is 1.25. The summed E-state index contributed by atoms with van der Waals surface area (Å²) in [4.78, 5) is 21.7. The first-order valence-corrected chi connectivity index (χ1v) is 5.29. The Kier molecular flexibility index (Phi) is 6.34. The van der Waals surface area contributed by atoms with E-state index < -0.39 is 11.9 Å². The van der Waals surface area contributed by atoms with Crippen molar-refractivity contribution < 1.29 is 9.59 Å². The monoisotopic (exact) mass is 205 g/mol. The lowest BCUT2D eigenvalue weighted by atomic mass is 10.2. The molecule has 0 fully saturated rings. The second-order valence-corrected chi connectivity index (χ2v) is 3.49. The van der Waals surface area contributed by atoms with Gasteiger partial charge in [0.2, 0.25) is 11.8 Å². The Morgan fingerprint density at radius 3 is 2.54 bits per heavy atom. The van der Waals surface area contributed by atoms with Crippen LogP contribution in [0.3, 0.4) is 0 Å². The predicted octanol–water partition coefficient (Wildman–Crippen LogP) is -1.33. The van der Waals surface area contributed by atoms with Crippen LogP contribution in [0.1, 0.15) is 6.42 Å². The van der Waals surface area contributed by atoms with Crippen LogP contribution in [0.4, 0.5) is 0 Å². The molecule has 0 saturated heterocycles. The number of carbonyl (C=O) groups excluding carboxylic acids is 2. The predicted molar refractivity (Wildman–Crippen MR) is 53.2 cm³/mol. The molecule has 76 valence electrons. The van der Waals surface area contributed by atoms with Gasteiger partial charge in [-0.2, -0.15) is 11.8 Å². The molecule has 0 aromatic carbocycles. The van der Waals surface area contributed by atoms with Crippen molar-refractivity contribution in [1.29, 1.82) is 0 Å². The molecule has 5 N–H and O–H groups in total. The van der Waals surface area contributed by atoms with Gasteiger partial charge in [0, 0.05) is 0 Å². The summed E-state index contributed by atoms with van der Waals surface area (Å²) in [5, 5.41) is 2.45. The number of carbonyl (C=O) groups is 2. The summed E-state index contributed by atoms with van der Waals surface area (Å²) in [6, 6.07) is -0.594. The SMILES string of the molecule is CSCCC(NC(=O)CN)C(N)=O. The van der Waals surface area contributed by atoms with Crippen LogP contribution in [-0.2, 0) is 9.59 Å². The molecule has 0 bridgehead atoms. The van der Waals surface area contributed by atoms with Crippen LogP contribution in [0, 0.1) is 0 Å². The van der Waals surface area contributed by atoms with Gasteiger partial charge >= 0.3 is 0 Å². The number of hydrogen-bond donors (Lipinski definition) is 3. The summed E-state index contributed by atoms with van der Waals surface area (Å²) < 4.78 is 0. The lowest BCUT2D eigenvalue weighted by molar-refractivity contribution is -0.126. The maximum atomic E-state index is 10.8. The fourth-order valence-electron chi connectivity index (χ4n) is 0.775. The lowest BCUT2D eigenvalue weighted by Gasteiger charge is -2.13. The molecule has 0 heterocycles. The number of nitrogens with two attached hydrogens (primary N) is 2. The van der Waals surface area contributed by atoms with Crippen LogP contribution < -0.4 is 16.8 Å². The van der Waals surface area contributed by atoms with E-state index in [0.29, 0.717) is 6.42 Å². The highest BCUT2D eigenvalue weighted by Gasteiger charge is 2.16. The van der Waals surface area contributed by atoms with E-state index in [0.717, 1.165) is 5.75 Å². The molecule has 1 atom stereocenters. The highest BCUT2D eigenvalue weighted by Crippen LogP contribution is 1.99. The molecule has 0 saturated carbocycles.